The molecule has 1 unspecified atom stereocenters. The van der Waals surface area contributed by atoms with Gasteiger partial charge in [0, 0.05) is 6.54 Å². The summed E-state index contributed by atoms with van der Waals surface area (Å²) in [5, 5.41) is 10.2. The molecule has 0 aromatic heterocycles. The standard InChI is InChI=1S/C18H31NO2.ClH/c20-17(11-19-3-1-2-4-19)12-21-13-18-8-14-5-15(9-18)7-16(6-14)10-18;/h14-17,20H,1-13H2;1H. The van der Waals surface area contributed by atoms with Crippen molar-refractivity contribution in [1.29, 1.82) is 0 Å². The summed E-state index contributed by atoms with van der Waals surface area (Å²) in [6.07, 6.45) is 11.0. The molecule has 5 rings (SSSR count). The Labute approximate surface area is 141 Å². The van der Waals surface area contributed by atoms with E-state index in [4.69, 9.17) is 4.74 Å². The molecule has 5 aliphatic rings. The number of halogens is 1. The molecule has 4 saturated carbocycles. The van der Waals surface area contributed by atoms with E-state index in [1.54, 1.807) is 0 Å². The summed E-state index contributed by atoms with van der Waals surface area (Å²) in [5.41, 5.74) is 0.488. The topological polar surface area (TPSA) is 32.7 Å². The van der Waals surface area contributed by atoms with E-state index >= 15 is 0 Å². The van der Waals surface area contributed by atoms with Gasteiger partial charge >= 0.3 is 0 Å². The number of β-amino-alcohol motifs (C(OH)–C–C–N with tert-alkyl or cyclic N) is 1. The van der Waals surface area contributed by atoms with Gasteiger partial charge in [0.1, 0.15) is 0 Å². The third-order valence-corrected chi connectivity index (χ3v) is 6.55. The van der Waals surface area contributed by atoms with E-state index in [9.17, 15) is 5.11 Å². The Morgan fingerprint density at radius 2 is 1.55 bits per heavy atom. The van der Waals surface area contributed by atoms with E-state index in [-0.39, 0.29) is 18.5 Å². The molecule has 3 nitrogen and oxygen atoms in total. The van der Waals surface area contributed by atoms with Crippen molar-refractivity contribution < 1.29 is 9.84 Å². The number of aliphatic hydroxyl groups excluding tert-OH is 1. The molecule has 128 valence electrons. The number of rotatable bonds is 6. The van der Waals surface area contributed by atoms with Gasteiger partial charge < -0.3 is 14.7 Å². The molecule has 0 spiro atoms. The maximum Gasteiger partial charge on any atom is 0.0900 e. The van der Waals surface area contributed by atoms with Gasteiger partial charge in [-0.1, -0.05) is 0 Å². The fraction of sp³-hybridized carbons (Fsp3) is 1.00. The van der Waals surface area contributed by atoms with Crippen molar-refractivity contribution in [3.63, 3.8) is 0 Å². The lowest BCUT2D eigenvalue weighted by molar-refractivity contribution is -0.106. The smallest absolute Gasteiger partial charge is 0.0900 e. The first-order valence-corrected chi connectivity index (χ1v) is 9.19. The Hall–Kier alpha value is 0.170. The maximum atomic E-state index is 10.2. The van der Waals surface area contributed by atoms with Gasteiger partial charge in [-0.25, -0.2) is 0 Å². The van der Waals surface area contributed by atoms with Gasteiger partial charge in [0.15, 0.2) is 0 Å². The number of hydrogen-bond acceptors (Lipinski definition) is 3. The van der Waals surface area contributed by atoms with E-state index < -0.39 is 0 Å². The van der Waals surface area contributed by atoms with Crippen LogP contribution >= 0.6 is 12.4 Å². The summed E-state index contributed by atoms with van der Waals surface area (Å²) >= 11 is 0. The highest BCUT2D eigenvalue weighted by atomic mass is 35.5. The summed E-state index contributed by atoms with van der Waals surface area (Å²) in [6.45, 7) is 4.57. The van der Waals surface area contributed by atoms with Gasteiger partial charge in [0.25, 0.3) is 0 Å². The molecule has 0 aromatic carbocycles. The number of aliphatic hydroxyl groups is 1. The zero-order chi connectivity index (χ0) is 14.3. The van der Waals surface area contributed by atoms with E-state index in [1.807, 2.05) is 0 Å². The normalized spacial score (nSPS) is 41.6. The molecule has 4 aliphatic carbocycles. The van der Waals surface area contributed by atoms with Gasteiger partial charge in [0.2, 0.25) is 0 Å². The number of hydrogen-bond donors (Lipinski definition) is 1. The minimum Gasteiger partial charge on any atom is -0.389 e. The number of nitrogens with zero attached hydrogens (tertiary/aromatic N) is 1. The average molecular weight is 330 g/mol. The Morgan fingerprint density at radius 1 is 1.00 bits per heavy atom. The molecular formula is C18H32ClNO2. The van der Waals surface area contributed by atoms with Crippen molar-refractivity contribution >= 4 is 12.4 Å². The molecule has 1 saturated heterocycles. The third kappa shape index (κ3) is 3.63. The Kier molecular flexibility index (Phi) is 5.38. The first kappa shape index (κ1) is 17.0. The predicted octanol–water partition coefficient (Wildman–Crippen LogP) is 3.10. The first-order valence-electron chi connectivity index (χ1n) is 9.19. The molecule has 1 N–H and O–H groups in total. The van der Waals surface area contributed by atoms with Crippen LogP contribution in [0, 0.1) is 23.2 Å². The van der Waals surface area contributed by atoms with Gasteiger partial charge in [-0.2, -0.15) is 0 Å². The van der Waals surface area contributed by atoms with Gasteiger partial charge in [0.05, 0.1) is 19.3 Å². The molecule has 1 atom stereocenters. The van der Waals surface area contributed by atoms with E-state index in [0.29, 0.717) is 12.0 Å². The van der Waals surface area contributed by atoms with E-state index in [0.717, 1.165) is 44.0 Å². The highest BCUT2D eigenvalue weighted by molar-refractivity contribution is 5.85. The minimum atomic E-state index is -0.294. The van der Waals surface area contributed by atoms with Crippen molar-refractivity contribution in [3.05, 3.63) is 0 Å². The highest BCUT2D eigenvalue weighted by Crippen LogP contribution is 2.60. The van der Waals surface area contributed by atoms with Crippen molar-refractivity contribution in [1.82, 2.24) is 4.90 Å². The van der Waals surface area contributed by atoms with Crippen LogP contribution in [0.5, 0.6) is 0 Å². The summed E-state index contributed by atoms with van der Waals surface area (Å²) < 4.78 is 6.01. The number of likely N-dealkylation sites (tertiary alicyclic amines) is 1. The van der Waals surface area contributed by atoms with Crippen LogP contribution in [-0.4, -0.2) is 49.0 Å². The molecule has 0 aromatic rings. The average Bonchev–Trinajstić information content (AvgIpc) is 2.89. The lowest BCUT2D eigenvalue weighted by Crippen LogP contribution is -2.48. The van der Waals surface area contributed by atoms with Crippen LogP contribution in [0.4, 0.5) is 0 Å². The summed E-state index contributed by atoms with van der Waals surface area (Å²) in [5.74, 6) is 2.98. The lowest BCUT2D eigenvalue weighted by Gasteiger charge is -2.56. The second-order valence-electron chi connectivity index (χ2n) is 8.59. The van der Waals surface area contributed by atoms with E-state index in [1.165, 1.54) is 51.4 Å². The summed E-state index contributed by atoms with van der Waals surface area (Å²) in [6, 6.07) is 0. The fourth-order valence-corrected chi connectivity index (χ4v) is 6.19. The van der Waals surface area contributed by atoms with Crippen LogP contribution in [-0.2, 0) is 4.74 Å². The molecule has 1 aliphatic heterocycles. The van der Waals surface area contributed by atoms with Crippen molar-refractivity contribution in [2.75, 3.05) is 32.8 Å². The molecule has 0 radical (unpaired) electrons. The zero-order valence-electron chi connectivity index (χ0n) is 13.7. The first-order chi connectivity index (χ1) is 10.2. The minimum absolute atomic E-state index is 0. The maximum absolute atomic E-state index is 10.2. The van der Waals surface area contributed by atoms with Gasteiger partial charge in [-0.05, 0) is 87.6 Å². The molecule has 1 heterocycles. The Bertz CT molecular complexity index is 335. The molecule has 4 heteroatoms. The van der Waals surface area contributed by atoms with E-state index in [2.05, 4.69) is 4.90 Å². The third-order valence-electron chi connectivity index (χ3n) is 6.55. The van der Waals surface area contributed by atoms with Crippen LogP contribution in [0.1, 0.15) is 51.4 Å². The zero-order valence-corrected chi connectivity index (χ0v) is 14.5. The summed E-state index contributed by atoms with van der Waals surface area (Å²) in [7, 11) is 0. The quantitative estimate of drug-likeness (QED) is 0.812. The Morgan fingerprint density at radius 3 is 2.09 bits per heavy atom. The molecule has 0 amide bonds. The predicted molar refractivity (Wildman–Crippen MR) is 90.4 cm³/mol. The largest absolute Gasteiger partial charge is 0.389 e. The van der Waals surface area contributed by atoms with Gasteiger partial charge in [-0.3, -0.25) is 0 Å². The number of ether oxygens (including phenoxy) is 1. The Balaban J connectivity index is 0.00000144. The van der Waals surface area contributed by atoms with Crippen molar-refractivity contribution in [3.8, 4) is 0 Å². The van der Waals surface area contributed by atoms with Crippen LogP contribution in [0.3, 0.4) is 0 Å². The molecule has 4 bridgehead atoms. The van der Waals surface area contributed by atoms with Gasteiger partial charge in [-0.15, -0.1) is 12.4 Å². The molecule has 5 fully saturated rings. The second kappa shape index (κ2) is 6.96. The highest BCUT2D eigenvalue weighted by Gasteiger charge is 2.50. The van der Waals surface area contributed by atoms with Crippen LogP contribution in [0.2, 0.25) is 0 Å². The van der Waals surface area contributed by atoms with Crippen molar-refractivity contribution in [2.24, 2.45) is 23.2 Å². The van der Waals surface area contributed by atoms with Crippen LogP contribution in [0.15, 0.2) is 0 Å². The lowest BCUT2D eigenvalue weighted by atomic mass is 9.50. The monoisotopic (exact) mass is 329 g/mol. The van der Waals surface area contributed by atoms with Crippen molar-refractivity contribution in [2.45, 2.75) is 57.5 Å². The van der Waals surface area contributed by atoms with Crippen LogP contribution in [0.25, 0.3) is 0 Å². The second-order valence-corrected chi connectivity index (χ2v) is 8.59. The SMILES string of the molecule is Cl.OC(COCC12CC3CC(CC(C3)C1)C2)CN1CCCC1. The molecule has 22 heavy (non-hydrogen) atoms. The summed E-state index contributed by atoms with van der Waals surface area (Å²) in [4.78, 5) is 2.37. The fourth-order valence-electron chi connectivity index (χ4n) is 6.19. The molecular weight excluding hydrogens is 298 g/mol. The van der Waals surface area contributed by atoms with Crippen LogP contribution < -0.4 is 0 Å².